The summed E-state index contributed by atoms with van der Waals surface area (Å²) in [6.07, 6.45) is 4.14. The molecule has 76 valence electrons. The number of benzene rings is 1. The van der Waals surface area contributed by atoms with Crippen molar-refractivity contribution in [3.05, 3.63) is 35.4 Å². The third kappa shape index (κ3) is 3.30. The number of hydrogen-bond donors (Lipinski definition) is 1. The zero-order valence-electron chi connectivity index (χ0n) is 8.61. The molecule has 0 bridgehead atoms. The van der Waals surface area contributed by atoms with Gasteiger partial charge in [-0.3, -0.25) is 4.99 Å². The Hall–Kier alpha value is -1.15. The van der Waals surface area contributed by atoms with Gasteiger partial charge >= 0.3 is 0 Å². The molecule has 1 aromatic rings. The highest BCUT2D eigenvalue weighted by Gasteiger charge is 1.95. The lowest BCUT2D eigenvalue weighted by Gasteiger charge is -2.00. The van der Waals surface area contributed by atoms with Crippen LogP contribution >= 0.6 is 0 Å². The van der Waals surface area contributed by atoms with Gasteiger partial charge in [-0.25, -0.2) is 0 Å². The molecule has 0 heterocycles. The molecule has 2 heteroatoms. The van der Waals surface area contributed by atoms with Gasteiger partial charge in [0.05, 0.1) is 6.61 Å². The molecule has 0 unspecified atom stereocenters. The normalized spacial score (nSPS) is 11.0. The molecule has 1 rings (SSSR count). The molecule has 0 aromatic heterocycles. The highest BCUT2D eigenvalue weighted by molar-refractivity contribution is 5.81. The highest BCUT2D eigenvalue weighted by Crippen LogP contribution is 2.05. The standard InChI is InChI=1S/C12H17NO/c1-2-3-8-13-9-11-6-4-5-7-12(11)10-14/h4-7,9,14H,2-3,8,10H2,1H3. The van der Waals surface area contributed by atoms with Crippen LogP contribution in [0, 0.1) is 0 Å². The average Bonchev–Trinajstić information content (AvgIpc) is 2.25. The van der Waals surface area contributed by atoms with Gasteiger partial charge in [0.25, 0.3) is 0 Å². The maximum absolute atomic E-state index is 9.06. The summed E-state index contributed by atoms with van der Waals surface area (Å²) in [5.74, 6) is 0. The Balaban J connectivity index is 2.61. The topological polar surface area (TPSA) is 32.6 Å². The Morgan fingerprint density at radius 2 is 2.14 bits per heavy atom. The summed E-state index contributed by atoms with van der Waals surface area (Å²) in [6.45, 7) is 3.10. The average molecular weight is 191 g/mol. The van der Waals surface area contributed by atoms with Crippen LogP contribution in [0.4, 0.5) is 0 Å². The Labute approximate surface area is 85.3 Å². The molecule has 1 aromatic carbocycles. The Kier molecular flexibility index (Phi) is 4.94. The van der Waals surface area contributed by atoms with Gasteiger partial charge in [-0.05, 0) is 17.5 Å². The first kappa shape index (κ1) is 10.9. The first-order valence-electron chi connectivity index (χ1n) is 5.07. The third-order valence-corrected chi connectivity index (χ3v) is 2.10. The smallest absolute Gasteiger partial charge is 0.0688 e. The second kappa shape index (κ2) is 6.33. The lowest BCUT2D eigenvalue weighted by molar-refractivity contribution is 0.281. The minimum atomic E-state index is 0.0793. The number of aliphatic imine (C=N–C) groups is 1. The predicted molar refractivity (Wildman–Crippen MR) is 59.7 cm³/mol. The van der Waals surface area contributed by atoms with Crippen LogP contribution in [0.15, 0.2) is 29.3 Å². The number of unbranched alkanes of at least 4 members (excludes halogenated alkanes) is 1. The lowest BCUT2D eigenvalue weighted by Crippen LogP contribution is -1.92. The van der Waals surface area contributed by atoms with E-state index in [1.807, 2.05) is 30.5 Å². The van der Waals surface area contributed by atoms with Crippen molar-refractivity contribution in [1.29, 1.82) is 0 Å². The molecule has 0 saturated heterocycles. The van der Waals surface area contributed by atoms with E-state index in [2.05, 4.69) is 11.9 Å². The zero-order valence-corrected chi connectivity index (χ0v) is 8.61. The van der Waals surface area contributed by atoms with Gasteiger partial charge in [0.1, 0.15) is 0 Å². The van der Waals surface area contributed by atoms with Crippen LogP contribution in [-0.4, -0.2) is 17.9 Å². The van der Waals surface area contributed by atoms with Gasteiger partial charge in [0.2, 0.25) is 0 Å². The summed E-state index contributed by atoms with van der Waals surface area (Å²) in [5.41, 5.74) is 1.96. The number of rotatable bonds is 5. The van der Waals surface area contributed by atoms with Crippen molar-refractivity contribution in [2.45, 2.75) is 26.4 Å². The summed E-state index contributed by atoms with van der Waals surface area (Å²) in [5, 5.41) is 9.06. The van der Waals surface area contributed by atoms with Crippen LogP contribution in [0.3, 0.4) is 0 Å². The predicted octanol–water partition coefficient (Wildman–Crippen LogP) is 2.40. The van der Waals surface area contributed by atoms with Gasteiger partial charge in [-0.1, -0.05) is 37.6 Å². The van der Waals surface area contributed by atoms with Crippen molar-refractivity contribution in [3.8, 4) is 0 Å². The Morgan fingerprint density at radius 1 is 1.36 bits per heavy atom. The molecule has 1 N–H and O–H groups in total. The van der Waals surface area contributed by atoms with Gasteiger partial charge in [0, 0.05) is 12.8 Å². The highest BCUT2D eigenvalue weighted by atomic mass is 16.3. The van der Waals surface area contributed by atoms with Gasteiger partial charge in [0.15, 0.2) is 0 Å². The van der Waals surface area contributed by atoms with Crippen LogP contribution in [0.25, 0.3) is 0 Å². The number of aliphatic hydroxyl groups is 1. The quantitative estimate of drug-likeness (QED) is 0.562. The second-order valence-electron chi connectivity index (χ2n) is 3.25. The molecule has 0 saturated carbocycles. The number of hydrogen-bond acceptors (Lipinski definition) is 2. The van der Waals surface area contributed by atoms with Gasteiger partial charge in [-0.15, -0.1) is 0 Å². The van der Waals surface area contributed by atoms with E-state index in [-0.39, 0.29) is 6.61 Å². The molecule has 14 heavy (non-hydrogen) atoms. The van der Waals surface area contributed by atoms with Crippen LogP contribution < -0.4 is 0 Å². The maximum Gasteiger partial charge on any atom is 0.0688 e. The van der Waals surface area contributed by atoms with E-state index in [1.165, 1.54) is 6.42 Å². The van der Waals surface area contributed by atoms with Gasteiger partial charge in [-0.2, -0.15) is 0 Å². The van der Waals surface area contributed by atoms with Crippen molar-refractivity contribution < 1.29 is 5.11 Å². The minimum Gasteiger partial charge on any atom is -0.392 e. The molecule has 0 aliphatic carbocycles. The molecule has 0 amide bonds. The molecule has 0 fully saturated rings. The van der Waals surface area contributed by atoms with E-state index < -0.39 is 0 Å². The first-order valence-corrected chi connectivity index (χ1v) is 5.07. The monoisotopic (exact) mass is 191 g/mol. The van der Waals surface area contributed by atoms with Crippen molar-refractivity contribution in [2.24, 2.45) is 4.99 Å². The fraction of sp³-hybridized carbons (Fsp3) is 0.417. The minimum absolute atomic E-state index is 0.0793. The second-order valence-corrected chi connectivity index (χ2v) is 3.25. The van der Waals surface area contributed by atoms with Crippen molar-refractivity contribution in [3.63, 3.8) is 0 Å². The Morgan fingerprint density at radius 3 is 2.86 bits per heavy atom. The summed E-state index contributed by atoms with van der Waals surface area (Å²) in [7, 11) is 0. The SMILES string of the molecule is CCCCN=Cc1ccccc1CO. The van der Waals surface area contributed by atoms with E-state index in [4.69, 9.17) is 5.11 Å². The summed E-state index contributed by atoms with van der Waals surface area (Å²) in [4.78, 5) is 4.30. The fourth-order valence-electron chi connectivity index (χ4n) is 1.22. The lowest BCUT2D eigenvalue weighted by atomic mass is 10.1. The van der Waals surface area contributed by atoms with Crippen LogP contribution in [-0.2, 0) is 6.61 Å². The molecule has 0 atom stereocenters. The molecule has 0 aliphatic heterocycles. The van der Waals surface area contributed by atoms with E-state index >= 15 is 0 Å². The molecular formula is C12H17NO. The Bertz CT molecular complexity index is 294. The number of nitrogens with zero attached hydrogens (tertiary/aromatic N) is 1. The van der Waals surface area contributed by atoms with Crippen LogP contribution in [0.1, 0.15) is 30.9 Å². The van der Waals surface area contributed by atoms with E-state index in [1.54, 1.807) is 0 Å². The summed E-state index contributed by atoms with van der Waals surface area (Å²) < 4.78 is 0. The van der Waals surface area contributed by atoms with Crippen LogP contribution in [0.5, 0.6) is 0 Å². The zero-order chi connectivity index (χ0) is 10.2. The molecule has 0 radical (unpaired) electrons. The third-order valence-electron chi connectivity index (χ3n) is 2.10. The van der Waals surface area contributed by atoms with E-state index in [0.29, 0.717) is 0 Å². The van der Waals surface area contributed by atoms with Crippen molar-refractivity contribution in [2.75, 3.05) is 6.54 Å². The molecule has 0 spiro atoms. The van der Waals surface area contributed by atoms with E-state index in [9.17, 15) is 0 Å². The first-order chi connectivity index (χ1) is 6.88. The number of aliphatic hydroxyl groups excluding tert-OH is 1. The molecule has 2 nitrogen and oxygen atoms in total. The molecular weight excluding hydrogens is 174 g/mol. The summed E-state index contributed by atoms with van der Waals surface area (Å²) >= 11 is 0. The van der Waals surface area contributed by atoms with Crippen molar-refractivity contribution >= 4 is 6.21 Å². The van der Waals surface area contributed by atoms with E-state index in [0.717, 1.165) is 24.1 Å². The van der Waals surface area contributed by atoms with Gasteiger partial charge < -0.3 is 5.11 Å². The van der Waals surface area contributed by atoms with Crippen LogP contribution in [0.2, 0.25) is 0 Å². The largest absolute Gasteiger partial charge is 0.392 e. The summed E-state index contributed by atoms with van der Waals surface area (Å²) in [6, 6.07) is 7.78. The maximum atomic E-state index is 9.06. The van der Waals surface area contributed by atoms with Crippen molar-refractivity contribution in [1.82, 2.24) is 0 Å². The molecule has 0 aliphatic rings. The fourth-order valence-corrected chi connectivity index (χ4v) is 1.22.